The molecule has 0 bridgehead atoms. The zero-order chi connectivity index (χ0) is 19.8. The molecule has 1 aliphatic rings. The minimum absolute atomic E-state index is 0.0810. The quantitative estimate of drug-likeness (QED) is 0.473. The first-order chi connectivity index (χ1) is 13.5. The van der Waals surface area contributed by atoms with Gasteiger partial charge in [-0.15, -0.1) is 0 Å². The van der Waals surface area contributed by atoms with Gasteiger partial charge in [-0.3, -0.25) is 4.98 Å². The Balaban J connectivity index is 1.88. The Kier molecular flexibility index (Phi) is 5.27. The Hall–Kier alpha value is -2.15. The van der Waals surface area contributed by atoms with Crippen LogP contribution in [0.2, 0.25) is 10.0 Å². The van der Waals surface area contributed by atoms with Crippen LogP contribution in [0.3, 0.4) is 0 Å². The lowest BCUT2D eigenvalue weighted by Crippen LogP contribution is -2.21. The third-order valence-electron chi connectivity index (χ3n) is 4.83. The zero-order valence-corrected chi connectivity index (χ0v) is 17.4. The fourth-order valence-corrected chi connectivity index (χ4v) is 4.34. The van der Waals surface area contributed by atoms with Crippen LogP contribution in [0.1, 0.15) is 41.4 Å². The van der Waals surface area contributed by atoms with Crippen molar-refractivity contribution in [1.29, 1.82) is 0 Å². The van der Waals surface area contributed by atoms with Crippen LogP contribution in [-0.4, -0.2) is 30.6 Å². The van der Waals surface area contributed by atoms with Gasteiger partial charge in [-0.1, -0.05) is 35.9 Å². The molecule has 3 aromatic rings. The number of hydrogen-bond donors (Lipinski definition) is 1. The van der Waals surface area contributed by atoms with E-state index in [1.54, 1.807) is 24.4 Å². The van der Waals surface area contributed by atoms with Gasteiger partial charge in [0.15, 0.2) is 0 Å². The van der Waals surface area contributed by atoms with Crippen molar-refractivity contribution >= 4 is 50.4 Å². The third kappa shape index (κ3) is 3.26. The maximum absolute atomic E-state index is 11.8. The van der Waals surface area contributed by atoms with E-state index in [9.17, 15) is 4.21 Å². The van der Waals surface area contributed by atoms with Crippen LogP contribution < -0.4 is 4.74 Å². The summed E-state index contributed by atoms with van der Waals surface area (Å²) in [5.41, 5.74) is 4.03. The van der Waals surface area contributed by atoms with Crippen LogP contribution in [0.4, 0.5) is 0 Å². The van der Waals surface area contributed by atoms with Gasteiger partial charge in [-0.25, -0.2) is 9.19 Å². The van der Waals surface area contributed by atoms with Crippen molar-refractivity contribution in [3.63, 3.8) is 0 Å². The summed E-state index contributed by atoms with van der Waals surface area (Å²) in [6.45, 7) is 5.99. The summed E-state index contributed by atoms with van der Waals surface area (Å²) in [5, 5.41) is 0.934. The van der Waals surface area contributed by atoms with Crippen molar-refractivity contribution in [2.45, 2.75) is 25.7 Å². The van der Waals surface area contributed by atoms with Gasteiger partial charge >= 0.3 is 0 Å². The van der Waals surface area contributed by atoms with Crippen LogP contribution >= 0.6 is 23.2 Å². The number of hydrogen-bond acceptors (Lipinski definition) is 4. The van der Waals surface area contributed by atoms with Gasteiger partial charge in [0.25, 0.3) is 0 Å². The smallest absolute Gasteiger partial charge is 0.134 e. The number of nitrogens with zero attached hydrogens (tertiary/aromatic N) is 2. The largest absolute Gasteiger partial charge is 0.488 e. The standard InChI is InChI=1S/C20H17Cl2N3O2S/c1-3-6-27-19-10(2)9-23-18-11(4-5-16(28-26)17(18)19)20-24-14-7-12(21)13(22)8-15(14)25-20/h3,7-9,11H,1,4-6H2,2H3,(H,24,25). The van der Waals surface area contributed by atoms with Crippen LogP contribution in [-0.2, 0) is 11.3 Å². The maximum atomic E-state index is 11.8. The van der Waals surface area contributed by atoms with Gasteiger partial charge in [0.2, 0.25) is 0 Å². The number of halogens is 2. The maximum Gasteiger partial charge on any atom is 0.134 e. The van der Waals surface area contributed by atoms with Gasteiger partial charge < -0.3 is 9.72 Å². The second-order valence-electron chi connectivity index (χ2n) is 6.63. The van der Waals surface area contributed by atoms with Crippen molar-refractivity contribution in [3.05, 3.63) is 63.7 Å². The zero-order valence-electron chi connectivity index (χ0n) is 15.1. The minimum Gasteiger partial charge on any atom is -0.488 e. The molecule has 1 aliphatic carbocycles. The second kappa shape index (κ2) is 7.70. The highest BCUT2D eigenvalue weighted by atomic mass is 35.5. The van der Waals surface area contributed by atoms with Crippen LogP contribution in [0.5, 0.6) is 5.75 Å². The Morgan fingerprint density at radius 1 is 1.39 bits per heavy atom. The Morgan fingerprint density at radius 2 is 2.18 bits per heavy atom. The molecular weight excluding hydrogens is 417 g/mol. The summed E-state index contributed by atoms with van der Waals surface area (Å²) in [5.74, 6) is 1.38. The van der Waals surface area contributed by atoms with E-state index in [-0.39, 0.29) is 5.92 Å². The molecular formula is C20H17Cl2N3O2S. The number of ether oxygens (including phenoxy) is 1. The fourth-order valence-electron chi connectivity index (χ4n) is 3.54. The molecule has 144 valence electrons. The molecule has 0 saturated carbocycles. The molecule has 0 radical (unpaired) electrons. The molecule has 2 heterocycles. The highest BCUT2D eigenvalue weighted by Crippen LogP contribution is 2.40. The summed E-state index contributed by atoms with van der Waals surface area (Å²) in [7, 11) is 0. The molecule has 1 atom stereocenters. The highest BCUT2D eigenvalue weighted by Gasteiger charge is 2.32. The summed E-state index contributed by atoms with van der Waals surface area (Å²) < 4.78 is 17.7. The average molecular weight is 434 g/mol. The van der Waals surface area contributed by atoms with Gasteiger partial charge in [0.05, 0.1) is 54.4 Å². The topological polar surface area (TPSA) is 67.9 Å². The average Bonchev–Trinajstić information content (AvgIpc) is 3.09. The molecule has 1 aromatic carbocycles. The van der Waals surface area contributed by atoms with Crippen LogP contribution in [0.15, 0.2) is 31.0 Å². The number of nitrogens with one attached hydrogen (secondary N) is 1. The first-order valence-corrected chi connectivity index (χ1v) is 10.3. The van der Waals surface area contributed by atoms with E-state index in [1.165, 1.54) is 0 Å². The number of aryl methyl sites for hydroxylation is 1. The summed E-state index contributed by atoms with van der Waals surface area (Å²) in [6, 6.07) is 3.51. The summed E-state index contributed by atoms with van der Waals surface area (Å²) >= 11 is 12.8. The Morgan fingerprint density at radius 3 is 2.93 bits per heavy atom. The van der Waals surface area contributed by atoms with Crippen molar-refractivity contribution in [2.75, 3.05) is 6.61 Å². The number of rotatable bonds is 4. The van der Waals surface area contributed by atoms with Crippen molar-refractivity contribution in [3.8, 4) is 5.75 Å². The summed E-state index contributed by atoms with van der Waals surface area (Å²) in [4.78, 5) is 13.4. The molecule has 1 unspecified atom stereocenters. The van der Waals surface area contributed by atoms with E-state index in [2.05, 4.69) is 16.5 Å². The minimum atomic E-state index is -0.0810. The lowest BCUT2D eigenvalue weighted by atomic mass is 9.85. The van der Waals surface area contributed by atoms with Gasteiger partial charge in [-0.05, 0) is 31.9 Å². The number of aromatic amines is 1. The Labute approximate surface area is 175 Å². The van der Waals surface area contributed by atoms with Crippen LogP contribution in [0.25, 0.3) is 11.0 Å². The molecule has 0 aliphatic heterocycles. The van der Waals surface area contributed by atoms with Gasteiger partial charge in [0, 0.05) is 11.8 Å². The van der Waals surface area contributed by atoms with E-state index in [1.807, 2.05) is 6.92 Å². The van der Waals surface area contributed by atoms with Gasteiger partial charge in [0.1, 0.15) is 18.2 Å². The lowest BCUT2D eigenvalue weighted by Gasteiger charge is -2.26. The molecule has 0 spiro atoms. The predicted molar refractivity (Wildman–Crippen MR) is 114 cm³/mol. The molecule has 0 amide bonds. The summed E-state index contributed by atoms with van der Waals surface area (Å²) in [6.07, 6.45) is 4.83. The molecule has 5 nitrogen and oxygen atoms in total. The lowest BCUT2D eigenvalue weighted by molar-refractivity contribution is 0.358. The first-order valence-electron chi connectivity index (χ1n) is 8.77. The SMILES string of the molecule is C=CCOc1c(C)cnc2c1C(=S=O)CCC2c1nc2cc(Cl)c(Cl)cc2[nH]1. The highest BCUT2D eigenvalue weighted by molar-refractivity contribution is 7.67. The molecule has 1 N–H and O–H groups in total. The van der Waals surface area contributed by atoms with Gasteiger partial charge in [-0.2, -0.15) is 0 Å². The molecule has 4 rings (SSSR count). The number of fused-ring (bicyclic) bond motifs is 2. The van der Waals surface area contributed by atoms with Crippen molar-refractivity contribution < 1.29 is 8.95 Å². The molecule has 0 saturated heterocycles. The van der Waals surface area contributed by atoms with Crippen molar-refractivity contribution in [2.24, 2.45) is 0 Å². The first kappa shape index (κ1) is 19.2. The van der Waals surface area contributed by atoms with Crippen molar-refractivity contribution in [1.82, 2.24) is 15.0 Å². The number of aromatic nitrogens is 3. The molecule has 0 fully saturated rings. The normalized spacial score (nSPS) is 16.1. The van der Waals surface area contributed by atoms with Crippen LogP contribution in [0, 0.1) is 6.92 Å². The molecule has 8 heteroatoms. The number of pyridine rings is 1. The van der Waals surface area contributed by atoms with E-state index >= 15 is 0 Å². The Bertz CT molecular complexity index is 1110. The number of imidazole rings is 1. The second-order valence-corrected chi connectivity index (χ2v) is 8.11. The van der Waals surface area contributed by atoms with E-state index in [4.69, 9.17) is 32.9 Å². The number of benzene rings is 1. The fraction of sp³-hybridized carbons (Fsp3) is 0.250. The van der Waals surface area contributed by atoms with E-state index in [0.717, 1.165) is 45.0 Å². The number of H-pyrrole nitrogens is 1. The predicted octanol–water partition coefficient (Wildman–Crippen LogP) is 4.80. The van der Waals surface area contributed by atoms with E-state index < -0.39 is 0 Å². The third-order valence-corrected chi connectivity index (χ3v) is 6.16. The van der Waals surface area contributed by atoms with E-state index in [0.29, 0.717) is 40.1 Å². The molecule has 2 aromatic heterocycles. The molecule has 28 heavy (non-hydrogen) atoms. The monoisotopic (exact) mass is 433 g/mol.